The smallest absolute Gasteiger partial charge is 0.350 e. The predicted octanol–water partition coefficient (Wildman–Crippen LogP) is 3.32. The van der Waals surface area contributed by atoms with Crippen LogP contribution in [0.4, 0.5) is 5.69 Å². The van der Waals surface area contributed by atoms with Crippen LogP contribution in [0.1, 0.15) is 12.8 Å². The number of unbranched alkanes of at least 4 members (excludes halogenated alkanes) is 1. The van der Waals surface area contributed by atoms with Gasteiger partial charge < -0.3 is 9.64 Å². The van der Waals surface area contributed by atoms with Crippen LogP contribution in [0.15, 0.2) is 52.8 Å². The number of ether oxygens (including phenoxy) is 1. The van der Waals surface area contributed by atoms with Crippen LogP contribution in [-0.4, -0.2) is 58.9 Å². The molecule has 0 atom stereocenters. The van der Waals surface area contributed by atoms with E-state index in [-0.39, 0.29) is 5.69 Å². The molecule has 1 aliphatic rings. The van der Waals surface area contributed by atoms with Gasteiger partial charge in [-0.15, -0.1) is 16.4 Å². The molecule has 5 rings (SSSR count). The molecular weight excluding hydrogens is 410 g/mol. The van der Waals surface area contributed by atoms with E-state index in [0.717, 1.165) is 45.6 Å². The Bertz CT molecular complexity index is 1240. The molecule has 0 spiro atoms. The Morgan fingerprint density at radius 2 is 1.87 bits per heavy atom. The maximum Gasteiger partial charge on any atom is 0.350 e. The van der Waals surface area contributed by atoms with E-state index in [4.69, 9.17) is 4.74 Å². The number of hydrogen-bond acceptors (Lipinski definition) is 6. The molecule has 1 aliphatic heterocycles. The summed E-state index contributed by atoms with van der Waals surface area (Å²) < 4.78 is 9.78. The lowest BCUT2D eigenvalue weighted by atomic mass is 10.2. The molecule has 7 nitrogen and oxygen atoms in total. The number of nitrogens with zero attached hydrogens (tertiary/aromatic N) is 5. The Hall–Kier alpha value is -2.84. The van der Waals surface area contributed by atoms with Crippen LogP contribution in [-0.2, 0) is 6.54 Å². The number of aryl methyl sites for hydroxylation is 1. The van der Waals surface area contributed by atoms with E-state index < -0.39 is 0 Å². The van der Waals surface area contributed by atoms with E-state index >= 15 is 0 Å². The molecule has 162 valence electrons. The predicted molar refractivity (Wildman–Crippen MR) is 126 cm³/mol. The van der Waals surface area contributed by atoms with Crippen molar-refractivity contribution in [1.82, 2.24) is 19.1 Å². The first-order valence-corrected chi connectivity index (χ1v) is 11.7. The van der Waals surface area contributed by atoms with Gasteiger partial charge in [-0.05, 0) is 55.1 Å². The van der Waals surface area contributed by atoms with Gasteiger partial charge in [-0.3, -0.25) is 4.90 Å². The summed E-state index contributed by atoms with van der Waals surface area (Å²) in [5.41, 5.74) is 1.83. The summed E-state index contributed by atoms with van der Waals surface area (Å²) in [4.78, 5) is 17.6. The Morgan fingerprint density at radius 3 is 2.71 bits per heavy atom. The second-order valence-corrected chi connectivity index (χ2v) is 8.87. The fraction of sp³-hybridized carbons (Fsp3) is 0.391. The zero-order valence-corrected chi connectivity index (χ0v) is 18.6. The third-order valence-corrected chi connectivity index (χ3v) is 6.96. The highest BCUT2D eigenvalue weighted by molar-refractivity contribution is 7.17. The summed E-state index contributed by atoms with van der Waals surface area (Å²) in [6.07, 6.45) is 3.72. The first-order chi connectivity index (χ1) is 15.2. The number of piperazine rings is 1. The van der Waals surface area contributed by atoms with Gasteiger partial charge in [0.2, 0.25) is 5.65 Å². The maximum absolute atomic E-state index is 12.5. The number of pyridine rings is 1. The summed E-state index contributed by atoms with van der Waals surface area (Å²) in [7, 11) is 1.60. The normalized spacial score (nSPS) is 15.2. The first kappa shape index (κ1) is 20.1. The summed E-state index contributed by atoms with van der Waals surface area (Å²) in [5.74, 6) is 0.620. The zero-order valence-electron chi connectivity index (χ0n) is 17.7. The molecule has 0 amide bonds. The summed E-state index contributed by atoms with van der Waals surface area (Å²) in [6.45, 7) is 5.95. The van der Waals surface area contributed by atoms with Gasteiger partial charge in [-0.1, -0.05) is 6.07 Å². The molecule has 31 heavy (non-hydrogen) atoms. The number of benzene rings is 1. The quantitative estimate of drug-likeness (QED) is 0.415. The molecule has 8 heteroatoms. The Labute approximate surface area is 185 Å². The van der Waals surface area contributed by atoms with Crippen molar-refractivity contribution in [3.05, 3.63) is 58.5 Å². The molecular formula is C23H27N5O2S. The van der Waals surface area contributed by atoms with E-state index in [1.807, 2.05) is 17.4 Å². The van der Waals surface area contributed by atoms with Gasteiger partial charge in [0.15, 0.2) is 5.75 Å². The largest absolute Gasteiger partial charge is 0.493 e. The van der Waals surface area contributed by atoms with E-state index in [2.05, 4.69) is 44.5 Å². The van der Waals surface area contributed by atoms with Gasteiger partial charge in [0.25, 0.3) is 0 Å². The third-order valence-electron chi connectivity index (χ3n) is 6.07. The van der Waals surface area contributed by atoms with Crippen LogP contribution >= 0.6 is 11.3 Å². The van der Waals surface area contributed by atoms with Crippen molar-refractivity contribution in [2.45, 2.75) is 19.4 Å². The lowest BCUT2D eigenvalue weighted by molar-refractivity contribution is 0.251. The van der Waals surface area contributed by atoms with Crippen molar-refractivity contribution in [3.8, 4) is 5.75 Å². The van der Waals surface area contributed by atoms with Gasteiger partial charge >= 0.3 is 5.69 Å². The number of thiophene rings is 1. The number of aromatic nitrogens is 3. The van der Waals surface area contributed by atoms with E-state index in [0.29, 0.717) is 17.9 Å². The summed E-state index contributed by atoms with van der Waals surface area (Å²) >= 11 is 1.81. The molecule has 0 bridgehead atoms. The van der Waals surface area contributed by atoms with Crippen LogP contribution in [0, 0.1) is 0 Å². The molecule has 0 radical (unpaired) electrons. The van der Waals surface area contributed by atoms with Gasteiger partial charge in [-0.2, -0.15) is 0 Å². The highest BCUT2D eigenvalue weighted by Crippen LogP contribution is 2.31. The van der Waals surface area contributed by atoms with Crippen molar-refractivity contribution in [3.63, 3.8) is 0 Å². The lowest BCUT2D eigenvalue weighted by Gasteiger charge is -2.36. The maximum atomic E-state index is 12.5. The number of methoxy groups -OCH3 is 1. The van der Waals surface area contributed by atoms with E-state index in [1.165, 1.54) is 15.8 Å². The van der Waals surface area contributed by atoms with Gasteiger partial charge in [0.1, 0.15) is 0 Å². The van der Waals surface area contributed by atoms with E-state index in [1.54, 1.807) is 28.5 Å². The fourth-order valence-electron chi connectivity index (χ4n) is 4.38. The third kappa shape index (κ3) is 3.93. The van der Waals surface area contributed by atoms with Gasteiger partial charge in [0, 0.05) is 54.7 Å². The van der Waals surface area contributed by atoms with Crippen LogP contribution in [0.5, 0.6) is 5.75 Å². The minimum atomic E-state index is -0.106. The lowest BCUT2D eigenvalue weighted by Crippen LogP contribution is -2.46. The van der Waals surface area contributed by atoms with Crippen LogP contribution in [0.25, 0.3) is 15.7 Å². The molecule has 0 unspecified atom stereocenters. The van der Waals surface area contributed by atoms with Crippen LogP contribution in [0.2, 0.25) is 0 Å². The summed E-state index contributed by atoms with van der Waals surface area (Å²) in [5, 5.41) is 8.00. The zero-order chi connectivity index (χ0) is 21.2. The molecule has 1 aromatic carbocycles. The Kier molecular flexibility index (Phi) is 5.65. The SMILES string of the molecule is COc1cccn2c(=O)n(CCCCN3CCN(c4cccc5sccc45)CC3)nc12. The molecule has 3 aromatic heterocycles. The second kappa shape index (κ2) is 8.72. The van der Waals surface area contributed by atoms with Crippen molar-refractivity contribution in [1.29, 1.82) is 0 Å². The van der Waals surface area contributed by atoms with Crippen molar-refractivity contribution < 1.29 is 4.74 Å². The van der Waals surface area contributed by atoms with E-state index in [9.17, 15) is 4.79 Å². The Balaban J connectivity index is 1.13. The standard InChI is InChI=1S/C23H27N5O2S/c1-30-20-7-5-11-27-22(20)24-28(23(27)29)12-3-2-10-25-13-15-26(16-14-25)19-6-4-8-21-18(19)9-17-31-21/h4-9,11,17H,2-3,10,12-16H2,1H3. The monoisotopic (exact) mass is 437 g/mol. The number of anilines is 1. The molecule has 0 saturated carbocycles. The number of hydrogen-bond donors (Lipinski definition) is 0. The second-order valence-electron chi connectivity index (χ2n) is 7.92. The first-order valence-electron chi connectivity index (χ1n) is 10.8. The highest BCUT2D eigenvalue weighted by atomic mass is 32.1. The van der Waals surface area contributed by atoms with Crippen molar-refractivity contribution in [2.75, 3.05) is 44.7 Å². The number of fused-ring (bicyclic) bond motifs is 2. The fourth-order valence-corrected chi connectivity index (χ4v) is 5.19. The topological polar surface area (TPSA) is 55.0 Å². The molecule has 1 fully saturated rings. The minimum absolute atomic E-state index is 0.106. The van der Waals surface area contributed by atoms with Gasteiger partial charge in [-0.25, -0.2) is 13.9 Å². The van der Waals surface area contributed by atoms with Crippen molar-refractivity contribution >= 4 is 32.8 Å². The molecule has 4 heterocycles. The van der Waals surface area contributed by atoms with Crippen LogP contribution < -0.4 is 15.3 Å². The molecule has 1 saturated heterocycles. The Morgan fingerprint density at radius 1 is 1.03 bits per heavy atom. The minimum Gasteiger partial charge on any atom is -0.493 e. The molecule has 0 aliphatic carbocycles. The number of rotatable bonds is 7. The molecule has 4 aromatic rings. The van der Waals surface area contributed by atoms with Crippen molar-refractivity contribution in [2.24, 2.45) is 0 Å². The highest BCUT2D eigenvalue weighted by Gasteiger charge is 2.18. The average molecular weight is 438 g/mol. The van der Waals surface area contributed by atoms with Gasteiger partial charge in [0.05, 0.1) is 7.11 Å². The average Bonchev–Trinajstić information content (AvgIpc) is 3.42. The molecule has 0 N–H and O–H groups in total. The summed E-state index contributed by atoms with van der Waals surface area (Å²) in [6, 6.07) is 12.5. The van der Waals surface area contributed by atoms with Crippen LogP contribution in [0.3, 0.4) is 0 Å².